The molecule has 0 atom stereocenters. The van der Waals surface area contributed by atoms with E-state index >= 15 is 0 Å². The van der Waals surface area contributed by atoms with Crippen molar-refractivity contribution in [1.29, 1.82) is 0 Å². The number of aliphatic hydroxyl groups excluding tert-OH is 1. The molecule has 4 aromatic rings. The third-order valence-electron chi connectivity index (χ3n) is 6.12. The van der Waals surface area contributed by atoms with Gasteiger partial charge in [0, 0.05) is 40.6 Å². The Morgan fingerprint density at radius 2 is 1.94 bits per heavy atom. The Bertz CT molecular complexity index is 1260. The molecule has 162 valence electrons. The average molecular weight is 445 g/mol. The summed E-state index contributed by atoms with van der Waals surface area (Å²) < 4.78 is 0. The van der Waals surface area contributed by atoms with Crippen molar-refractivity contribution in [1.82, 2.24) is 9.97 Å². The third-order valence-corrected chi connectivity index (χ3v) is 6.93. The van der Waals surface area contributed by atoms with Crippen LogP contribution >= 0.6 is 11.3 Å². The molecule has 1 aliphatic carbocycles. The lowest BCUT2D eigenvalue weighted by Gasteiger charge is -2.28. The number of hydrogen-bond acceptors (Lipinski definition) is 6. The van der Waals surface area contributed by atoms with Crippen LogP contribution in [0.4, 0.5) is 5.69 Å². The van der Waals surface area contributed by atoms with Crippen LogP contribution in [0, 0.1) is 0 Å². The maximum atomic E-state index is 12.1. The first kappa shape index (κ1) is 20.6. The number of carbonyl (C=O) groups excluding carboxylic acids is 1. The van der Waals surface area contributed by atoms with Crippen molar-refractivity contribution >= 4 is 33.7 Å². The molecule has 4 N–H and O–H groups in total. The highest BCUT2D eigenvalue weighted by Crippen LogP contribution is 2.36. The van der Waals surface area contributed by atoms with Crippen molar-refractivity contribution in [2.75, 3.05) is 5.32 Å². The van der Waals surface area contributed by atoms with Crippen LogP contribution in [0.25, 0.3) is 32.5 Å². The monoisotopic (exact) mass is 444 g/mol. The number of aliphatic hydroxyl groups is 1. The van der Waals surface area contributed by atoms with Crippen LogP contribution in [0.2, 0.25) is 0 Å². The van der Waals surface area contributed by atoms with Crippen LogP contribution in [0.15, 0.2) is 60.4 Å². The summed E-state index contributed by atoms with van der Waals surface area (Å²) in [5.74, 6) is -0.465. The van der Waals surface area contributed by atoms with Crippen LogP contribution in [-0.2, 0) is 0 Å². The smallest absolute Gasteiger partial charge is 0.250 e. The molecule has 1 saturated carbocycles. The molecular formula is C25H24N4O2S. The summed E-state index contributed by atoms with van der Waals surface area (Å²) >= 11 is 1.61. The van der Waals surface area contributed by atoms with Crippen LogP contribution in [0.3, 0.4) is 0 Å². The molecule has 5 rings (SSSR count). The molecule has 0 aliphatic heterocycles. The largest absolute Gasteiger partial charge is 0.393 e. The number of anilines is 1. The summed E-state index contributed by atoms with van der Waals surface area (Å²) in [4.78, 5) is 22.1. The van der Waals surface area contributed by atoms with Crippen LogP contribution in [0.5, 0.6) is 0 Å². The summed E-state index contributed by atoms with van der Waals surface area (Å²) in [7, 11) is 0. The standard InChI is InChI=1S/C25H24N4O2S/c26-25(31)21-9-4-15(12-22(21)29-16-5-7-17(30)8-6-16)24-20-3-1-2-19(18(20)10-11-28-24)23-13-27-14-32-23/h1-4,9-14,16-17,29-30H,5-8H2,(H2,26,31). The zero-order valence-corrected chi connectivity index (χ0v) is 18.3. The summed E-state index contributed by atoms with van der Waals surface area (Å²) in [5, 5.41) is 15.5. The number of aromatic nitrogens is 2. The fourth-order valence-electron chi connectivity index (χ4n) is 4.47. The maximum absolute atomic E-state index is 12.1. The molecule has 0 unspecified atom stereocenters. The molecule has 7 heteroatoms. The molecule has 0 spiro atoms. The summed E-state index contributed by atoms with van der Waals surface area (Å²) in [5.41, 5.74) is 11.6. The number of thiazole rings is 1. The summed E-state index contributed by atoms with van der Waals surface area (Å²) in [6.45, 7) is 0. The number of benzene rings is 2. The number of fused-ring (bicyclic) bond motifs is 1. The van der Waals surface area contributed by atoms with E-state index in [0.717, 1.165) is 58.2 Å². The molecule has 2 aromatic heterocycles. The van der Waals surface area contributed by atoms with Gasteiger partial charge in [0.15, 0.2) is 0 Å². The molecule has 32 heavy (non-hydrogen) atoms. The first-order valence-electron chi connectivity index (χ1n) is 10.8. The highest BCUT2D eigenvalue weighted by molar-refractivity contribution is 7.13. The fourth-order valence-corrected chi connectivity index (χ4v) is 5.13. The van der Waals surface area contributed by atoms with E-state index in [1.807, 2.05) is 42.2 Å². The summed E-state index contributed by atoms with van der Waals surface area (Å²) in [6.07, 6.45) is 6.69. The number of pyridine rings is 1. The number of nitrogens with zero attached hydrogens (tertiary/aromatic N) is 2. The van der Waals surface area contributed by atoms with E-state index in [0.29, 0.717) is 11.3 Å². The molecule has 0 radical (unpaired) electrons. The zero-order chi connectivity index (χ0) is 22.1. The van der Waals surface area contributed by atoms with Crippen molar-refractivity contribution in [3.63, 3.8) is 0 Å². The molecule has 0 bridgehead atoms. The number of primary amides is 1. The number of nitrogens with two attached hydrogens (primary N) is 1. The fraction of sp³-hybridized carbons (Fsp3) is 0.240. The lowest BCUT2D eigenvalue weighted by atomic mass is 9.92. The lowest BCUT2D eigenvalue weighted by Crippen LogP contribution is -2.29. The van der Waals surface area contributed by atoms with Gasteiger partial charge in [0.1, 0.15) is 0 Å². The van der Waals surface area contributed by atoms with Crippen molar-refractivity contribution in [2.24, 2.45) is 5.73 Å². The van der Waals surface area contributed by atoms with Gasteiger partial charge in [-0.3, -0.25) is 14.8 Å². The second kappa shape index (κ2) is 8.68. The van der Waals surface area contributed by atoms with Crippen LogP contribution < -0.4 is 11.1 Å². The molecular weight excluding hydrogens is 420 g/mol. The Balaban J connectivity index is 1.57. The van der Waals surface area contributed by atoms with E-state index in [1.165, 1.54) is 0 Å². The van der Waals surface area contributed by atoms with E-state index in [-0.39, 0.29) is 12.1 Å². The van der Waals surface area contributed by atoms with Crippen LogP contribution in [0.1, 0.15) is 36.0 Å². The van der Waals surface area contributed by atoms with Gasteiger partial charge in [-0.2, -0.15) is 0 Å². The molecule has 1 amide bonds. The highest BCUT2D eigenvalue weighted by atomic mass is 32.1. The summed E-state index contributed by atoms with van der Waals surface area (Å²) in [6, 6.07) is 14.1. The van der Waals surface area contributed by atoms with Gasteiger partial charge < -0.3 is 16.2 Å². The number of rotatable bonds is 5. The maximum Gasteiger partial charge on any atom is 0.250 e. The molecule has 6 nitrogen and oxygen atoms in total. The first-order valence-corrected chi connectivity index (χ1v) is 11.6. The van der Waals surface area contributed by atoms with Crippen molar-refractivity contribution in [3.05, 3.63) is 65.9 Å². The molecule has 2 aromatic carbocycles. The second-order valence-electron chi connectivity index (χ2n) is 8.20. The number of hydrogen-bond donors (Lipinski definition) is 3. The van der Waals surface area contributed by atoms with Gasteiger partial charge in [-0.15, -0.1) is 11.3 Å². The molecule has 1 fully saturated rings. The minimum absolute atomic E-state index is 0.199. The van der Waals surface area contributed by atoms with E-state index in [9.17, 15) is 9.90 Å². The Labute approximate surface area is 190 Å². The lowest BCUT2D eigenvalue weighted by molar-refractivity contribution is 0.100. The van der Waals surface area contributed by atoms with E-state index in [2.05, 4.69) is 27.4 Å². The van der Waals surface area contributed by atoms with Gasteiger partial charge in [-0.05, 0) is 49.3 Å². The normalized spacial score (nSPS) is 18.5. The van der Waals surface area contributed by atoms with E-state index in [4.69, 9.17) is 5.73 Å². The molecule has 2 heterocycles. The van der Waals surface area contributed by atoms with E-state index in [1.54, 1.807) is 17.4 Å². The predicted octanol–water partition coefficient (Wildman–Crippen LogP) is 4.84. The number of nitrogens with one attached hydrogen (secondary N) is 1. The SMILES string of the molecule is NC(=O)c1ccc(-c2nccc3c(-c4cncs4)cccc23)cc1NC1CCC(O)CC1. The van der Waals surface area contributed by atoms with E-state index < -0.39 is 5.91 Å². The topological polar surface area (TPSA) is 101 Å². The van der Waals surface area contributed by atoms with Gasteiger partial charge in [-0.1, -0.05) is 24.3 Å². The minimum Gasteiger partial charge on any atom is -0.393 e. The number of carbonyl (C=O) groups is 1. The molecule has 0 saturated heterocycles. The Morgan fingerprint density at radius 1 is 1.09 bits per heavy atom. The first-order chi connectivity index (χ1) is 15.6. The van der Waals surface area contributed by atoms with Gasteiger partial charge in [-0.25, -0.2) is 0 Å². The van der Waals surface area contributed by atoms with Crippen molar-refractivity contribution in [2.45, 2.75) is 37.8 Å². The van der Waals surface area contributed by atoms with Crippen molar-refractivity contribution in [3.8, 4) is 21.7 Å². The Kier molecular flexibility index (Phi) is 5.59. The second-order valence-corrected chi connectivity index (χ2v) is 9.09. The van der Waals surface area contributed by atoms with Gasteiger partial charge >= 0.3 is 0 Å². The van der Waals surface area contributed by atoms with Crippen LogP contribution in [-0.4, -0.2) is 33.1 Å². The van der Waals surface area contributed by atoms with Gasteiger partial charge in [0.25, 0.3) is 5.91 Å². The minimum atomic E-state index is -0.465. The van der Waals surface area contributed by atoms with Crippen molar-refractivity contribution < 1.29 is 9.90 Å². The zero-order valence-electron chi connectivity index (χ0n) is 17.5. The highest BCUT2D eigenvalue weighted by Gasteiger charge is 2.21. The Hall–Kier alpha value is -3.29. The third kappa shape index (κ3) is 3.97. The predicted molar refractivity (Wildman–Crippen MR) is 129 cm³/mol. The van der Waals surface area contributed by atoms with Gasteiger partial charge in [0.05, 0.1) is 27.7 Å². The molecule has 1 aliphatic rings. The average Bonchev–Trinajstić information content (AvgIpc) is 3.34. The quantitative estimate of drug-likeness (QED) is 0.409. The Morgan fingerprint density at radius 3 is 2.69 bits per heavy atom. The van der Waals surface area contributed by atoms with Gasteiger partial charge in [0.2, 0.25) is 0 Å². The number of amides is 1.